The van der Waals surface area contributed by atoms with E-state index in [4.69, 9.17) is 9.90 Å². The number of rotatable bonds is 0. The Hall–Kier alpha value is -0.0366. The molecule has 0 aromatic heterocycles. The summed E-state index contributed by atoms with van der Waals surface area (Å²) >= 11 is 2.10. The second kappa shape index (κ2) is 8.88. The summed E-state index contributed by atoms with van der Waals surface area (Å²) in [5, 5.41) is 12.1. The Labute approximate surface area is 46.4 Å². The van der Waals surface area contributed by atoms with Gasteiger partial charge in [0, 0.05) is 5.97 Å². The first kappa shape index (κ1) is 9.35. The van der Waals surface area contributed by atoms with E-state index >= 15 is 0 Å². The summed E-state index contributed by atoms with van der Waals surface area (Å²) in [4.78, 5) is 8.89. The second-order valence-corrected chi connectivity index (χ2v) is 0.492. The SMILES string of the molecule is CC(=O)[O-].[CH2]=[Ru+]. The fourth-order valence-electron chi connectivity index (χ4n) is 0. The van der Waals surface area contributed by atoms with Crippen molar-refractivity contribution >= 4 is 11.1 Å². The van der Waals surface area contributed by atoms with Crippen LogP contribution in [0.3, 0.4) is 0 Å². The number of aliphatic carboxylic acids is 1. The molecule has 0 saturated heterocycles. The molecule has 2 nitrogen and oxygen atoms in total. The zero-order valence-electron chi connectivity index (χ0n) is 3.38. The molecular weight excluding hydrogens is 169 g/mol. The van der Waals surface area contributed by atoms with E-state index in [1.807, 2.05) is 0 Å². The summed E-state index contributed by atoms with van der Waals surface area (Å²) in [6.07, 6.45) is 0. The van der Waals surface area contributed by atoms with E-state index in [0.717, 1.165) is 6.92 Å². The van der Waals surface area contributed by atoms with Crippen molar-refractivity contribution in [1.29, 1.82) is 0 Å². The fraction of sp³-hybridized carbons (Fsp3) is 0.333. The monoisotopic (exact) mass is 175 g/mol. The molecule has 0 atom stereocenters. The van der Waals surface area contributed by atoms with Crippen LogP contribution in [0.5, 0.6) is 0 Å². The molecule has 0 aliphatic carbocycles. The van der Waals surface area contributed by atoms with Crippen LogP contribution in [0, 0.1) is 0 Å². The second-order valence-electron chi connectivity index (χ2n) is 0.492. The van der Waals surface area contributed by atoms with Gasteiger partial charge in [0.2, 0.25) is 0 Å². The Bertz CT molecular complexity index is 40.1. The van der Waals surface area contributed by atoms with Gasteiger partial charge in [0.1, 0.15) is 0 Å². The molecule has 0 aromatic carbocycles. The molecule has 0 radical (unpaired) electrons. The van der Waals surface area contributed by atoms with Crippen molar-refractivity contribution in [2.24, 2.45) is 0 Å². The molecule has 37 valence electrons. The summed E-state index contributed by atoms with van der Waals surface area (Å²) in [6, 6.07) is 0. The van der Waals surface area contributed by atoms with Gasteiger partial charge in [-0.3, -0.25) is 0 Å². The summed E-state index contributed by atoms with van der Waals surface area (Å²) in [6.45, 7) is 0.972. The third-order valence-electron chi connectivity index (χ3n) is 0. The molecule has 0 spiro atoms. The van der Waals surface area contributed by atoms with Gasteiger partial charge in [-0.2, -0.15) is 0 Å². The van der Waals surface area contributed by atoms with Crippen LogP contribution in [-0.4, -0.2) is 11.1 Å². The van der Waals surface area contributed by atoms with Crippen LogP contribution < -0.4 is 5.11 Å². The van der Waals surface area contributed by atoms with E-state index in [2.05, 4.69) is 23.0 Å². The van der Waals surface area contributed by atoms with Crippen LogP contribution in [-0.2, 0) is 22.6 Å². The van der Waals surface area contributed by atoms with Gasteiger partial charge in [-0.25, -0.2) is 0 Å². The molecule has 0 bridgehead atoms. The molecule has 0 aromatic rings. The molecule has 0 aliphatic heterocycles. The average Bonchev–Trinajstić information content (AvgIpc) is 1.41. The van der Waals surface area contributed by atoms with E-state index < -0.39 is 5.97 Å². The topological polar surface area (TPSA) is 40.1 Å². The Balaban J connectivity index is 0. The third kappa shape index (κ3) is 25900. The van der Waals surface area contributed by atoms with Crippen LogP contribution in [0.25, 0.3) is 0 Å². The van der Waals surface area contributed by atoms with Crippen molar-refractivity contribution in [3.05, 3.63) is 0 Å². The van der Waals surface area contributed by atoms with E-state index in [-0.39, 0.29) is 0 Å². The first-order valence-electron chi connectivity index (χ1n) is 1.16. The van der Waals surface area contributed by atoms with Crippen molar-refractivity contribution < 1.29 is 27.8 Å². The van der Waals surface area contributed by atoms with Gasteiger partial charge in [-0.15, -0.1) is 0 Å². The number of carbonyl (C=O) groups excluding carboxylic acids is 1. The molecule has 0 N–H and O–H groups in total. The molecule has 0 aliphatic rings. The van der Waals surface area contributed by atoms with Crippen LogP contribution in [0.2, 0.25) is 0 Å². The van der Waals surface area contributed by atoms with Gasteiger partial charge in [0.15, 0.2) is 0 Å². The van der Waals surface area contributed by atoms with Crippen molar-refractivity contribution in [3.63, 3.8) is 0 Å². The van der Waals surface area contributed by atoms with Gasteiger partial charge < -0.3 is 9.90 Å². The first-order valence-corrected chi connectivity index (χ1v) is 2.39. The molecule has 0 amide bonds. The van der Waals surface area contributed by atoms with E-state index in [0.29, 0.717) is 0 Å². The molecular formula is C3H5O2Ru. The molecule has 0 fully saturated rings. The summed E-state index contributed by atoms with van der Waals surface area (Å²) < 4.78 is 0. The standard InChI is InChI=1S/C2H4O2.CH2.Ru/c1-2(3)4;;/h1H3,(H,3,4);1H2;/q;;+1/p-1. The minimum absolute atomic E-state index is 0.972. The van der Waals surface area contributed by atoms with Crippen LogP contribution in [0.15, 0.2) is 0 Å². The van der Waals surface area contributed by atoms with Gasteiger partial charge in [0.05, 0.1) is 0 Å². The van der Waals surface area contributed by atoms with Gasteiger partial charge >= 0.3 is 23.0 Å². The van der Waals surface area contributed by atoms with Crippen LogP contribution >= 0.6 is 0 Å². The average molecular weight is 174 g/mol. The first-order chi connectivity index (χ1) is 2.73. The predicted octanol–water partition coefficient (Wildman–Crippen LogP) is -1.28. The Morgan fingerprint density at radius 1 is 1.83 bits per heavy atom. The molecule has 3 heteroatoms. The molecule has 0 rings (SSSR count). The molecule has 0 saturated carbocycles. The Morgan fingerprint density at radius 3 is 1.83 bits per heavy atom. The summed E-state index contributed by atoms with van der Waals surface area (Å²) in [7, 11) is 0. The quantitative estimate of drug-likeness (QED) is 0.429. The van der Waals surface area contributed by atoms with Crippen molar-refractivity contribution in [2.75, 3.05) is 0 Å². The van der Waals surface area contributed by atoms with E-state index in [1.165, 1.54) is 0 Å². The molecule has 0 heterocycles. The summed E-state index contributed by atoms with van der Waals surface area (Å²) in [5.41, 5.74) is 0. The van der Waals surface area contributed by atoms with E-state index in [9.17, 15) is 0 Å². The maximum atomic E-state index is 8.89. The Morgan fingerprint density at radius 2 is 1.83 bits per heavy atom. The number of carboxylic acids is 1. The van der Waals surface area contributed by atoms with Crippen molar-refractivity contribution in [3.8, 4) is 0 Å². The Kier molecular flexibility index (Phi) is 13.8. The fourth-order valence-corrected chi connectivity index (χ4v) is 0. The third-order valence-corrected chi connectivity index (χ3v) is 0. The number of carboxylic acid groups (broad SMARTS) is 1. The zero-order chi connectivity index (χ0) is 5.58. The number of carbonyl (C=O) groups is 1. The van der Waals surface area contributed by atoms with Gasteiger partial charge in [-0.1, -0.05) is 0 Å². The normalized spacial score (nSPS) is 4.83. The van der Waals surface area contributed by atoms with Crippen LogP contribution in [0.4, 0.5) is 0 Å². The number of hydrogen-bond donors (Lipinski definition) is 0. The van der Waals surface area contributed by atoms with Gasteiger partial charge in [-0.05, 0) is 6.92 Å². The molecule has 0 unspecified atom stereocenters. The van der Waals surface area contributed by atoms with E-state index in [1.54, 1.807) is 0 Å². The summed E-state index contributed by atoms with van der Waals surface area (Å²) in [5.74, 6) is -1.08. The van der Waals surface area contributed by atoms with Gasteiger partial charge in [0.25, 0.3) is 0 Å². The molecule has 6 heavy (non-hydrogen) atoms. The number of hydrogen-bond acceptors (Lipinski definition) is 2. The maximum absolute atomic E-state index is 8.89. The van der Waals surface area contributed by atoms with Crippen molar-refractivity contribution in [1.82, 2.24) is 0 Å². The zero-order valence-corrected chi connectivity index (χ0v) is 5.12. The van der Waals surface area contributed by atoms with Crippen LogP contribution in [0.1, 0.15) is 6.92 Å². The minimum atomic E-state index is -1.08. The predicted molar refractivity (Wildman–Crippen MR) is 17.8 cm³/mol. The van der Waals surface area contributed by atoms with Crippen molar-refractivity contribution in [2.45, 2.75) is 6.92 Å².